The zero-order valence-electron chi connectivity index (χ0n) is 21.3. The number of hydrogen-bond acceptors (Lipinski definition) is 5. The van der Waals surface area contributed by atoms with Crippen molar-refractivity contribution in [3.8, 4) is 56.5 Å². The average Bonchev–Trinajstić information content (AvgIpc) is 3.88. The monoisotopic (exact) mass is 503 g/mol. The molecule has 7 rings (SSSR count). The Morgan fingerprint density at radius 3 is 1.54 bits per heavy atom. The van der Waals surface area contributed by atoms with Crippen molar-refractivity contribution in [1.82, 2.24) is 19.9 Å². The van der Waals surface area contributed by atoms with Gasteiger partial charge in [0.2, 0.25) is 0 Å². The van der Waals surface area contributed by atoms with Crippen molar-refractivity contribution < 1.29 is 0 Å². The van der Waals surface area contributed by atoms with Gasteiger partial charge >= 0.3 is 0 Å². The molecule has 4 aromatic carbocycles. The first-order valence-corrected chi connectivity index (χ1v) is 13.1. The van der Waals surface area contributed by atoms with Crippen LogP contribution in [0.1, 0.15) is 0 Å². The summed E-state index contributed by atoms with van der Waals surface area (Å²) in [5.74, 6) is 1.92. The van der Waals surface area contributed by atoms with Crippen molar-refractivity contribution >= 4 is 5.69 Å². The lowest BCUT2D eigenvalue weighted by Crippen LogP contribution is -2.00. The van der Waals surface area contributed by atoms with Gasteiger partial charge in [-0.25, -0.2) is 15.0 Å². The van der Waals surface area contributed by atoms with Crippen LogP contribution in [0.25, 0.3) is 56.5 Å². The summed E-state index contributed by atoms with van der Waals surface area (Å²) < 4.78 is 0. The van der Waals surface area contributed by atoms with Gasteiger partial charge in [-0.1, -0.05) is 78.9 Å². The van der Waals surface area contributed by atoms with Crippen LogP contribution in [0.3, 0.4) is 0 Å². The molecule has 5 heteroatoms. The Labute approximate surface area is 227 Å². The summed E-state index contributed by atoms with van der Waals surface area (Å²) in [6.45, 7) is 2.26. The Hall–Kier alpha value is -5.16. The summed E-state index contributed by atoms with van der Waals surface area (Å²) in [5, 5.41) is 0. The molecule has 0 N–H and O–H groups in total. The van der Waals surface area contributed by atoms with Crippen LogP contribution in [0.2, 0.25) is 0 Å². The number of benzene rings is 4. The molecule has 39 heavy (non-hydrogen) atoms. The highest BCUT2D eigenvalue weighted by atomic mass is 15.3. The van der Waals surface area contributed by atoms with Gasteiger partial charge in [0, 0.05) is 47.2 Å². The summed E-state index contributed by atoms with van der Waals surface area (Å²) in [7, 11) is 0. The van der Waals surface area contributed by atoms with E-state index < -0.39 is 0 Å². The third-order valence-electron chi connectivity index (χ3n) is 6.86. The van der Waals surface area contributed by atoms with Crippen LogP contribution < -0.4 is 4.90 Å². The molecule has 0 unspecified atom stereocenters. The second kappa shape index (κ2) is 9.95. The zero-order valence-corrected chi connectivity index (χ0v) is 21.3. The van der Waals surface area contributed by atoms with Crippen molar-refractivity contribution in [3.63, 3.8) is 0 Å². The van der Waals surface area contributed by atoms with E-state index in [1.165, 1.54) is 5.69 Å². The van der Waals surface area contributed by atoms with E-state index in [1.807, 2.05) is 85.1 Å². The van der Waals surface area contributed by atoms with Crippen molar-refractivity contribution in [3.05, 3.63) is 128 Å². The first-order chi connectivity index (χ1) is 19.3. The molecule has 0 bridgehead atoms. The van der Waals surface area contributed by atoms with E-state index in [1.54, 1.807) is 0 Å². The lowest BCUT2D eigenvalue weighted by atomic mass is 9.97. The molecule has 2 aromatic heterocycles. The standard InChI is InChI=1S/C34H25N5/c1-3-9-25(10-4-1)32-36-33(26-11-5-2-6-12-26)38-34(37-32)29-22-27(21-28(23-29)31-13-7-8-18-35-31)24-14-16-30(17-15-24)39-19-20-39/h1-18,21-23H,19-20H2. The third kappa shape index (κ3) is 4.90. The van der Waals surface area contributed by atoms with Crippen molar-refractivity contribution in [2.24, 2.45) is 0 Å². The molecule has 0 atom stereocenters. The Bertz CT molecular complexity index is 1670. The van der Waals surface area contributed by atoms with Crippen LogP contribution in [0.15, 0.2) is 128 Å². The third-order valence-corrected chi connectivity index (χ3v) is 6.86. The average molecular weight is 504 g/mol. The van der Waals surface area contributed by atoms with Crippen LogP contribution in [-0.4, -0.2) is 33.0 Å². The van der Waals surface area contributed by atoms with Gasteiger partial charge < -0.3 is 4.90 Å². The molecule has 0 radical (unpaired) electrons. The van der Waals surface area contributed by atoms with Crippen molar-refractivity contribution in [2.75, 3.05) is 18.0 Å². The maximum atomic E-state index is 4.97. The number of rotatable bonds is 6. The Balaban J connectivity index is 1.41. The maximum absolute atomic E-state index is 4.97. The first kappa shape index (κ1) is 23.0. The zero-order chi connectivity index (χ0) is 26.0. The van der Waals surface area contributed by atoms with E-state index in [2.05, 4.69) is 52.3 Å². The number of pyridine rings is 1. The van der Waals surface area contributed by atoms with Gasteiger partial charge in [0.25, 0.3) is 0 Å². The minimum atomic E-state index is 0.627. The van der Waals surface area contributed by atoms with Gasteiger partial charge in [-0.05, 0) is 53.6 Å². The summed E-state index contributed by atoms with van der Waals surface area (Å²) in [5.41, 5.74) is 8.23. The molecule has 1 aliphatic heterocycles. The SMILES string of the molecule is c1ccc(-c2nc(-c3ccccc3)nc(-c3cc(-c4ccc(N5CC5)cc4)cc(-c4ccccn4)c3)n2)cc1. The largest absolute Gasteiger partial charge is 0.368 e. The van der Waals surface area contributed by atoms with Gasteiger partial charge in [-0.2, -0.15) is 0 Å². The van der Waals surface area contributed by atoms with E-state index in [0.29, 0.717) is 17.5 Å². The molecule has 3 heterocycles. The van der Waals surface area contributed by atoms with Crippen molar-refractivity contribution in [1.29, 1.82) is 0 Å². The fourth-order valence-corrected chi connectivity index (χ4v) is 4.72. The lowest BCUT2D eigenvalue weighted by molar-refractivity contribution is 1.07. The van der Waals surface area contributed by atoms with Gasteiger partial charge in [-0.15, -0.1) is 0 Å². The molecule has 6 aromatic rings. The van der Waals surface area contributed by atoms with Crippen LogP contribution in [0, 0.1) is 0 Å². The first-order valence-electron chi connectivity index (χ1n) is 13.1. The highest BCUT2D eigenvalue weighted by Gasteiger charge is 2.18. The van der Waals surface area contributed by atoms with Gasteiger partial charge in [0.05, 0.1) is 5.69 Å². The predicted molar refractivity (Wildman–Crippen MR) is 157 cm³/mol. The quantitative estimate of drug-likeness (QED) is 0.221. The fourth-order valence-electron chi connectivity index (χ4n) is 4.72. The molecule has 0 spiro atoms. The molecule has 5 nitrogen and oxygen atoms in total. The lowest BCUT2D eigenvalue weighted by Gasteiger charge is -2.12. The van der Waals surface area contributed by atoms with E-state index in [4.69, 9.17) is 15.0 Å². The maximum Gasteiger partial charge on any atom is 0.164 e. The second-order valence-electron chi connectivity index (χ2n) is 9.59. The minimum Gasteiger partial charge on any atom is -0.368 e. The van der Waals surface area contributed by atoms with Crippen LogP contribution >= 0.6 is 0 Å². The van der Waals surface area contributed by atoms with Crippen LogP contribution in [0.5, 0.6) is 0 Å². The minimum absolute atomic E-state index is 0.627. The number of hydrogen-bond donors (Lipinski definition) is 0. The summed E-state index contributed by atoms with van der Waals surface area (Å²) in [6, 6.07) is 41.3. The topological polar surface area (TPSA) is 54.6 Å². The molecule has 1 saturated heterocycles. The fraction of sp³-hybridized carbons (Fsp3) is 0.0588. The molecule has 186 valence electrons. The molecule has 0 amide bonds. The number of anilines is 1. The number of aromatic nitrogens is 4. The van der Waals surface area contributed by atoms with Gasteiger partial charge in [0.15, 0.2) is 17.5 Å². The summed E-state index contributed by atoms with van der Waals surface area (Å²) in [4.78, 5) is 21.8. The van der Waals surface area contributed by atoms with Crippen molar-refractivity contribution in [2.45, 2.75) is 0 Å². The van der Waals surface area contributed by atoms with E-state index in [0.717, 1.165) is 52.2 Å². The van der Waals surface area contributed by atoms with Crippen LogP contribution in [0.4, 0.5) is 5.69 Å². The van der Waals surface area contributed by atoms with E-state index in [9.17, 15) is 0 Å². The van der Waals surface area contributed by atoms with Gasteiger partial charge in [-0.3, -0.25) is 4.98 Å². The molecule has 1 fully saturated rings. The smallest absolute Gasteiger partial charge is 0.164 e. The molecule has 0 saturated carbocycles. The Morgan fingerprint density at radius 2 is 0.974 bits per heavy atom. The van der Waals surface area contributed by atoms with E-state index in [-0.39, 0.29) is 0 Å². The highest BCUT2D eigenvalue weighted by Crippen LogP contribution is 2.34. The Kier molecular flexibility index (Phi) is 5.87. The number of nitrogens with zero attached hydrogens (tertiary/aromatic N) is 5. The van der Waals surface area contributed by atoms with Gasteiger partial charge in [0.1, 0.15) is 0 Å². The molecular formula is C34H25N5. The van der Waals surface area contributed by atoms with Crippen LogP contribution in [-0.2, 0) is 0 Å². The highest BCUT2D eigenvalue weighted by molar-refractivity contribution is 5.80. The molecule has 0 aliphatic carbocycles. The summed E-state index contributed by atoms with van der Waals surface area (Å²) >= 11 is 0. The predicted octanol–water partition coefficient (Wildman–Crippen LogP) is 7.42. The molecular weight excluding hydrogens is 478 g/mol. The summed E-state index contributed by atoms with van der Waals surface area (Å²) in [6.07, 6.45) is 1.82. The normalized spacial score (nSPS) is 12.4. The van der Waals surface area contributed by atoms with E-state index >= 15 is 0 Å². The second-order valence-corrected chi connectivity index (χ2v) is 9.59. The Morgan fingerprint density at radius 1 is 0.436 bits per heavy atom. The molecule has 1 aliphatic rings.